The summed E-state index contributed by atoms with van der Waals surface area (Å²) in [6.45, 7) is 0. The number of aromatic amines is 2. The summed E-state index contributed by atoms with van der Waals surface area (Å²) in [5.41, 5.74) is 3.25. The average Bonchev–Trinajstić information content (AvgIpc) is 3.25. The third-order valence-corrected chi connectivity index (χ3v) is 5.08. The Morgan fingerprint density at radius 3 is 1.46 bits per heavy atom. The molecule has 0 amide bonds. The summed E-state index contributed by atoms with van der Waals surface area (Å²) in [5, 5.41) is 15.3. The molecule has 2 N–H and O–H groups in total. The van der Waals surface area contributed by atoms with E-state index in [1.807, 2.05) is 54.6 Å². The molecule has 2 aromatic carbocycles. The number of rotatable bonds is 0. The van der Waals surface area contributed by atoms with Crippen LogP contribution in [0.1, 0.15) is 11.4 Å². The molecule has 28 heavy (non-hydrogen) atoms. The molecule has 5 heteroatoms. The van der Waals surface area contributed by atoms with Crippen LogP contribution in [-0.4, -0.2) is 15.0 Å². The van der Waals surface area contributed by atoms with Gasteiger partial charge in [-0.05, 0) is 24.3 Å². The molecular weight excluding hydrogens is 346 g/mol. The number of pyridine rings is 1. The van der Waals surface area contributed by atoms with Gasteiger partial charge in [0.1, 0.15) is 0 Å². The Bertz CT molecular complexity index is 1500. The molecule has 5 aromatic rings. The summed E-state index contributed by atoms with van der Waals surface area (Å²) in [5.74, 6) is 0. The lowest BCUT2D eigenvalue weighted by Gasteiger charge is -1.96. The number of fused-ring (bicyclic) bond motifs is 12. The molecule has 0 atom stereocenters. The number of H-pyrrole nitrogens is 2. The zero-order valence-corrected chi connectivity index (χ0v) is 14.8. The van der Waals surface area contributed by atoms with Crippen molar-refractivity contribution in [3.63, 3.8) is 0 Å². The van der Waals surface area contributed by atoms with Crippen LogP contribution in [-0.2, 0) is 0 Å². The van der Waals surface area contributed by atoms with E-state index in [0.717, 1.165) is 54.6 Å². The minimum absolute atomic E-state index is 0.737. The zero-order chi connectivity index (χ0) is 18.5. The van der Waals surface area contributed by atoms with Gasteiger partial charge < -0.3 is 9.97 Å². The highest BCUT2D eigenvalue weighted by Gasteiger charge is 2.05. The van der Waals surface area contributed by atoms with Crippen molar-refractivity contribution < 1.29 is 0 Å². The zero-order valence-electron chi connectivity index (χ0n) is 14.8. The van der Waals surface area contributed by atoms with E-state index >= 15 is 0 Å². The van der Waals surface area contributed by atoms with Crippen LogP contribution in [0.2, 0.25) is 0 Å². The summed E-state index contributed by atoms with van der Waals surface area (Å²) in [4.78, 5) is 11.6. The monoisotopic (exact) mass is 361 g/mol. The highest BCUT2D eigenvalue weighted by molar-refractivity contribution is 5.84. The van der Waals surface area contributed by atoms with E-state index in [1.165, 1.54) is 0 Å². The number of nitrogens with one attached hydrogen (secondary N) is 2. The van der Waals surface area contributed by atoms with Gasteiger partial charge in [-0.15, -0.1) is 10.2 Å². The fourth-order valence-electron chi connectivity index (χ4n) is 3.78. The van der Waals surface area contributed by atoms with E-state index in [-0.39, 0.29) is 0 Å². The van der Waals surface area contributed by atoms with Crippen LogP contribution in [0.15, 0.2) is 76.9 Å². The fraction of sp³-hybridized carbons (Fsp3) is 0. The summed E-state index contributed by atoms with van der Waals surface area (Å²) >= 11 is 0. The van der Waals surface area contributed by atoms with Crippen molar-refractivity contribution in [3.8, 4) is 0 Å². The second-order valence-electron chi connectivity index (χ2n) is 6.84. The number of hydrogen-bond acceptors (Lipinski definition) is 3. The van der Waals surface area contributed by atoms with Crippen molar-refractivity contribution in [1.82, 2.24) is 15.0 Å². The molecule has 132 valence electrons. The quantitative estimate of drug-likeness (QED) is 0.434. The van der Waals surface area contributed by atoms with Gasteiger partial charge in [0.25, 0.3) is 0 Å². The molecular formula is C23H15N5. The van der Waals surface area contributed by atoms with Crippen molar-refractivity contribution in [2.45, 2.75) is 0 Å². The Kier molecular flexibility index (Phi) is 3.10. The number of benzene rings is 2. The van der Waals surface area contributed by atoms with Gasteiger partial charge >= 0.3 is 0 Å². The van der Waals surface area contributed by atoms with Crippen LogP contribution >= 0.6 is 0 Å². The third kappa shape index (κ3) is 2.30. The van der Waals surface area contributed by atoms with E-state index in [0.29, 0.717) is 0 Å². The molecule has 0 saturated heterocycles. The van der Waals surface area contributed by atoms with E-state index in [1.54, 1.807) is 0 Å². The average molecular weight is 361 g/mol. The van der Waals surface area contributed by atoms with Crippen LogP contribution < -0.4 is 21.7 Å². The molecule has 1 aliphatic heterocycles. The molecule has 0 aliphatic carbocycles. The predicted octanol–water partition coefficient (Wildman–Crippen LogP) is 1.87. The van der Waals surface area contributed by atoms with E-state index in [2.05, 4.69) is 44.4 Å². The molecule has 5 nitrogen and oxygen atoms in total. The van der Waals surface area contributed by atoms with Crippen molar-refractivity contribution in [2.24, 2.45) is 10.2 Å². The summed E-state index contributed by atoms with van der Waals surface area (Å²) < 4.78 is 0. The molecule has 0 saturated carbocycles. The van der Waals surface area contributed by atoms with E-state index in [9.17, 15) is 0 Å². The summed E-state index contributed by atoms with van der Waals surface area (Å²) in [7, 11) is 0. The van der Waals surface area contributed by atoms with Gasteiger partial charge in [0.15, 0.2) is 11.0 Å². The maximum atomic E-state index is 4.80. The summed E-state index contributed by atoms with van der Waals surface area (Å²) in [6, 6.07) is 22.4. The van der Waals surface area contributed by atoms with E-state index < -0.39 is 0 Å². The Morgan fingerprint density at radius 2 is 0.964 bits per heavy atom. The molecule has 0 fully saturated rings. The first-order valence-electron chi connectivity index (χ1n) is 9.15. The van der Waals surface area contributed by atoms with Crippen LogP contribution in [0.3, 0.4) is 0 Å². The van der Waals surface area contributed by atoms with Gasteiger partial charge in [-0.3, -0.25) is 0 Å². The maximum Gasteiger partial charge on any atom is 0.161 e. The molecule has 6 rings (SSSR count). The predicted molar refractivity (Wildman–Crippen MR) is 110 cm³/mol. The van der Waals surface area contributed by atoms with Crippen molar-refractivity contribution >= 4 is 33.7 Å². The van der Waals surface area contributed by atoms with Crippen molar-refractivity contribution in [1.29, 1.82) is 0 Å². The third-order valence-electron chi connectivity index (χ3n) is 5.08. The van der Waals surface area contributed by atoms with Gasteiger partial charge in [-0.25, -0.2) is 4.98 Å². The fourth-order valence-corrected chi connectivity index (χ4v) is 3.78. The first-order chi connectivity index (χ1) is 13.8. The van der Waals surface area contributed by atoms with Crippen LogP contribution in [0.25, 0.3) is 33.7 Å². The van der Waals surface area contributed by atoms with Crippen LogP contribution in [0.5, 0.6) is 0 Å². The van der Waals surface area contributed by atoms with Gasteiger partial charge in [0.2, 0.25) is 0 Å². The highest BCUT2D eigenvalue weighted by Crippen LogP contribution is 2.08. The van der Waals surface area contributed by atoms with Gasteiger partial charge in [-0.1, -0.05) is 54.6 Å². The van der Waals surface area contributed by atoms with Crippen LogP contribution in [0, 0.1) is 0 Å². The molecule has 4 heterocycles. The Hall–Kier alpha value is -3.99. The highest BCUT2D eigenvalue weighted by atomic mass is 15.2. The first-order valence-corrected chi connectivity index (χ1v) is 9.15. The number of aromatic nitrogens is 3. The molecule has 0 spiro atoms. The van der Waals surface area contributed by atoms with Gasteiger partial charge in [0, 0.05) is 32.2 Å². The summed E-state index contributed by atoms with van der Waals surface area (Å²) in [6.07, 6.45) is 4.10. The Morgan fingerprint density at radius 1 is 0.500 bits per heavy atom. The molecule has 1 aliphatic rings. The standard InChI is InChI=1S/C23H15N5/c1-3-10-18-16(8-1)20-12-14-6-5-7-15(24-14)13-21-17-9-2-4-11-19(17)23(26-21)28-27-22(18)25-20/h1-13H,(H,25,27)(H,26,28)/b20-12-,21-13-. The molecule has 6 bridgehead atoms. The van der Waals surface area contributed by atoms with Crippen LogP contribution in [0.4, 0.5) is 0 Å². The Labute approximate surface area is 159 Å². The van der Waals surface area contributed by atoms with E-state index in [4.69, 9.17) is 4.98 Å². The minimum Gasteiger partial charge on any atom is -0.338 e. The number of hydrogen-bond donors (Lipinski definition) is 2. The lowest BCUT2D eigenvalue weighted by Crippen LogP contribution is -2.12. The van der Waals surface area contributed by atoms with Gasteiger partial charge in [0.05, 0.1) is 11.4 Å². The molecule has 0 radical (unpaired) electrons. The first kappa shape index (κ1) is 15.1. The largest absolute Gasteiger partial charge is 0.338 e. The Balaban J connectivity index is 1.86. The van der Waals surface area contributed by atoms with Gasteiger partial charge in [-0.2, -0.15) is 0 Å². The molecule has 3 aromatic heterocycles. The SMILES string of the molecule is C1=c2\[nH]/c(c3ccccc23)=N\N=c2/[nH]/c(c3ccccc23)=C\c2cccc/1n2. The minimum atomic E-state index is 0.737. The van der Waals surface area contributed by atoms with Crippen molar-refractivity contribution in [3.05, 3.63) is 99.8 Å². The molecule has 0 unspecified atom stereocenters. The lowest BCUT2D eigenvalue weighted by atomic mass is 10.2. The second-order valence-corrected chi connectivity index (χ2v) is 6.84. The lowest BCUT2D eigenvalue weighted by molar-refractivity contribution is 0.994. The topological polar surface area (TPSA) is 69.2 Å². The number of nitrogens with zero attached hydrogens (tertiary/aromatic N) is 3. The smallest absolute Gasteiger partial charge is 0.161 e. The second kappa shape index (κ2) is 5.76. The normalized spacial score (nSPS) is 17.6. The van der Waals surface area contributed by atoms with Crippen molar-refractivity contribution in [2.75, 3.05) is 0 Å². The maximum absolute atomic E-state index is 4.80.